The monoisotopic (exact) mass is 370 g/mol. The van der Waals surface area contributed by atoms with Gasteiger partial charge < -0.3 is 19.7 Å². The summed E-state index contributed by atoms with van der Waals surface area (Å²) in [6, 6.07) is 0. The van der Waals surface area contributed by atoms with E-state index < -0.39 is 0 Å². The second-order valence-corrected chi connectivity index (χ2v) is 7.43. The summed E-state index contributed by atoms with van der Waals surface area (Å²) in [5, 5.41) is 2.84. The summed E-state index contributed by atoms with van der Waals surface area (Å²) in [6.45, 7) is 9.57. The smallest absolute Gasteiger partial charge is 0.407 e. The number of alkyl carbamates (subject to hydrolysis) is 1. The number of carbonyl (C=O) groups excluding carboxylic acids is 2. The molecular formula is C20H38N2O4. The number of nitrogens with zero attached hydrogens (tertiary/aromatic N) is 1. The Morgan fingerprint density at radius 3 is 2.42 bits per heavy atom. The van der Waals surface area contributed by atoms with Crippen LogP contribution in [0.4, 0.5) is 4.79 Å². The molecule has 152 valence electrons. The lowest BCUT2D eigenvalue weighted by Gasteiger charge is -2.19. The summed E-state index contributed by atoms with van der Waals surface area (Å²) >= 11 is 0. The molecule has 0 radical (unpaired) electrons. The molecule has 1 aliphatic heterocycles. The van der Waals surface area contributed by atoms with Gasteiger partial charge in [-0.3, -0.25) is 4.79 Å². The first-order valence-corrected chi connectivity index (χ1v) is 10.4. The van der Waals surface area contributed by atoms with E-state index in [-0.39, 0.29) is 30.7 Å². The van der Waals surface area contributed by atoms with Gasteiger partial charge in [0.25, 0.3) is 0 Å². The number of rotatable bonds is 13. The molecule has 1 atom stereocenters. The summed E-state index contributed by atoms with van der Waals surface area (Å²) in [7, 11) is 0. The van der Waals surface area contributed by atoms with Crippen molar-refractivity contribution in [3.05, 3.63) is 0 Å². The van der Waals surface area contributed by atoms with Gasteiger partial charge in [-0.15, -0.1) is 0 Å². The highest BCUT2D eigenvalue weighted by atomic mass is 16.6. The highest BCUT2D eigenvalue weighted by Crippen LogP contribution is 2.14. The SMILES string of the molecule is CCCCCC[C@H](CCC(=O)OC(C)C)OC(=O)NCCN1CCCC1. The van der Waals surface area contributed by atoms with E-state index in [1.807, 2.05) is 13.8 Å². The molecule has 0 unspecified atom stereocenters. The maximum Gasteiger partial charge on any atom is 0.407 e. The Morgan fingerprint density at radius 2 is 1.77 bits per heavy atom. The molecule has 0 aliphatic carbocycles. The van der Waals surface area contributed by atoms with Crippen molar-refractivity contribution in [1.29, 1.82) is 0 Å². The van der Waals surface area contributed by atoms with Gasteiger partial charge in [-0.25, -0.2) is 4.79 Å². The van der Waals surface area contributed by atoms with E-state index in [4.69, 9.17) is 9.47 Å². The average Bonchev–Trinajstić information content (AvgIpc) is 3.09. The lowest BCUT2D eigenvalue weighted by atomic mass is 10.1. The molecule has 0 aromatic carbocycles. The van der Waals surface area contributed by atoms with Gasteiger partial charge in [0.05, 0.1) is 6.10 Å². The predicted molar refractivity (Wildman–Crippen MR) is 103 cm³/mol. The van der Waals surface area contributed by atoms with Crippen molar-refractivity contribution in [3.63, 3.8) is 0 Å². The molecular weight excluding hydrogens is 332 g/mol. The molecule has 0 bridgehead atoms. The number of esters is 1. The van der Waals surface area contributed by atoms with Gasteiger partial charge in [-0.2, -0.15) is 0 Å². The van der Waals surface area contributed by atoms with Gasteiger partial charge in [-0.1, -0.05) is 26.2 Å². The molecule has 1 saturated heterocycles. The number of ether oxygens (including phenoxy) is 2. The van der Waals surface area contributed by atoms with Crippen molar-refractivity contribution >= 4 is 12.1 Å². The number of carbonyl (C=O) groups is 2. The van der Waals surface area contributed by atoms with Crippen LogP contribution >= 0.6 is 0 Å². The Bertz CT molecular complexity index is 395. The fraction of sp³-hybridized carbons (Fsp3) is 0.900. The van der Waals surface area contributed by atoms with Crippen LogP contribution in [0.25, 0.3) is 0 Å². The van der Waals surface area contributed by atoms with Crippen LogP contribution in [0.15, 0.2) is 0 Å². The number of likely N-dealkylation sites (tertiary alicyclic amines) is 1. The molecule has 0 spiro atoms. The molecule has 0 aromatic rings. The third-order valence-electron chi connectivity index (χ3n) is 4.59. The Morgan fingerprint density at radius 1 is 1.04 bits per heavy atom. The normalized spacial score (nSPS) is 15.8. The zero-order valence-corrected chi connectivity index (χ0v) is 16.9. The van der Waals surface area contributed by atoms with E-state index in [9.17, 15) is 9.59 Å². The molecule has 1 fully saturated rings. The minimum atomic E-state index is -0.373. The first-order chi connectivity index (χ1) is 12.5. The molecule has 1 aliphatic rings. The van der Waals surface area contributed by atoms with Crippen LogP contribution in [0.1, 0.15) is 78.6 Å². The number of nitrogens with one attached hydrogen (secondary N) is 1. The second-order valence-electron chi connectivity index (χ2n) is 7.43. The third-order valence-corrected chi connectivity index (χ3v) is 4.59. The van der Waals surface area contributed by atoms with Crippen molar-refractivity contribution in [2.24, 2.45) is 0 Å². The minimum absolute atomic E-state index is 0.111. The van der Waals surface area contributed by atoms with Crippen molar-refractivity contribution in [1.82, 2.24) is 10.2 Å². The first kappa shape index (κ1) is 22.7. The number of amides is 1. The highest BCUT2D eigenvalue weighted by molar-refractivity contribution is 5.70. The maximum atomic E-state index is 12.1. The topological polar surface area (TPSA) is 67.9 Å². The Kier molecular flexibility index (Phi) is 12.1. The van der Waals surface area contributed by atoms with Gasteiger partial charge >= 0.3 is 12.1 Å². The van der Waals surface area contributed by atoms with Gasteiger partial charge in [-0.05, 0) is 59.0 Å². The van der Waals surface area contributed by atoms with E-state index in [1.165, 1.54) is 25.7 Å². The predicted octanol–water partition coefficient (Wildman–Crippen LogP) is 3.88. The molecule has 0 aromatic heterocycles. The quantitative estimate of drug-likeness (QED) is 0.394. The van der Waals surface area contributed by atoms with Crippen LogP contribution in [-0.4, -0.2) is 55.3 Å². The Hall–Kier alpha value is -1.30. The molecule has 1 amide bonds. The number of hydrogen-bond donors (Lipinski definition) is 1. The zero-order chi connectivity index (χ0) is 19.2. The van der Waals surface area contributed by atoms with E-state index in [1.54, 1.807) is 0 Å². The molecule has 6 nitrogen and oxygen atoms in total. The van der Waals surface area contributed by atoms with Gasteiger partial charge in [0, 0.05) is 19.5 Å². The van der Waals surface area contributed by atoms with Gasteiger partial charge in [0.2, 0.25) is 0 Å². The van der Waals surface area contributed by atoms with Crippen molar-refractivity contribution in [3.8, 4) is 0 Å². The van der Waals surface area contributed by atoms with E-state index in [0.29, 0.717) is 13.0 Å². The van der Waals surface area contributed by atoms with Gasteiger partial charge in [0.15, 0.2) is 0 Å². The minimum Gasteiger partial charge on any atom is -0.463 e. The van der Waals surface area contributed by atoms with Crippen LogP contribution in [0.5, 0.6) is 0 Å². The molecule has 26 heavy (non-hydrogen) atoms. The van der Waals surface area contributed by atoms with Crippen LogP contribution in [0.3, 0.4) is 0 Å². The molecule has 6 heteroatoms. The fourth-order valence-corrected chi connectivity index (χ4v) is 3.18. The van der Waals surface area contributed by atoms with E-state index in [2.05, 4.69) is 17.1 Å². The maximum absolute atomic E-state index is 12.1. The molecule has 1 N–H and O–H groups in total. The molecule has 1 rings (SSSR count). The molecule has 1 heterocycles. The van der Waals surface area contributed by atoms with Crippen LogP contribution in [0.2, 0.25) is 0 Å². The van der Waals surface area contributed by atoms with Gasteiger partial charge in [0.1, 0.15) is 6.10 Å². The van der Waals surface area contributed by atoms with Crippen molar-refractivity contribution in [2.45, 2.75) is 90.8 Å². The van der Waals surface area contributed by atoms with E-state index >= 15 is 0 Å². The Labute approximate surface area is 159 Å². The average molecular weight is 371 g/mol. The van der Waals surface area contributed by atoms with Crippen LogP contribution in [0, 0.1) is 0 Å². The van der Waals surface area contributed by atoms with Crippen molar-refractivity contribution < 1.29 is 19.1 Å². The lowest BCUT2D eigenvalue weighted by molar-refractivity contribution is -0.148. The van der Waals surface area contributed by atoms with Crippen LogP contribution < -0.4 is 5.32 Å². The molecule has 0 saturated carbocycles. The Balaban J connectivity index is 2.30. The summed E-state index contributed by atoms with van der Waals surface area (Å²) in [6.07, 6.45) is 7.90. The second kappa shape index (κ2) is 13.8. The fourth-order valence-electron chi connectivity index (χ4n) is 3.18. The summed E-state index contributed by atoms with van der Waals surface area (Å²) in [4.78, 5) is 26.2. The highest BCUT2D eigenvalue weighted by Gasteiger charge is 2.18. The van der Waals surface area contributed by atoms with E-state index in [0.717, 1.165) is 38.9 Å². The summed E-state index contributed by atoms with van der Waals surface area (Å²) < 4.78 is 10.7. The summed E-state index contributed by atoms with van der Waals surface area (Å²) in [5.41, 5.74) is 0. The van der Waals surface area contributed by atoms with Crippen molar-refractivity contribution in [2.75, 3.05) is 26.2 Å². The third kappa shape index (κ3) is 11.3. The first-order valence-electron chi connectivity index (χ1n) is 10.4. The summed E-state index contributed by atoms with van der Waals surface area (Å²) in [5.74, 6) is -0.225. The number of hydrogen-bond acceptors (Lipinski definition) is 5. The lowest BCUT2D eigenvalue weighted by Crippen LogP contribution is -2.35. The standard InChI is InChI=1S/C20H38N2O4/c1-4-5-6-7-10-18(11-12-19(23)25-17(2)3)26-20(24)21-13-16-22-14-8-9-15-22/h17-18H,4-16H2,1-3H3,(H,21,24)/t18-/m1/s1. The largest absolute Gasteiger partial charge is 0.463 e. The van der Waals surface area contributed by atoms with Crippen LogP contribution in [-0.2, 0) is 14.3 Å². The number of unbranched alkanes of at least 4 members (excludes halogenated alkanes) is 3. The zero-order valence-electron chi connectivity index (χ0n) is 16.9.